The third kappa shape index (κ3) is 4.63. The Morgan fingerprint density at radius 3 is 2.60 bits per heavy atom. The molecule has 1 amide bonds. The van der Waals surface area contributed by atoms with E-state index in [0.29, 0.717) is 34.5 Å². The summed E-state index contributed by atoms with van der Waals surface area (Å²) in [5, 5.41) is 6.70. The summed E-state index contributed by atoms with van der Waals surface area (Å²) in [6.45, 7) is 0.551. The molecular weight excluding hydrogens is 346 g/mol. The van der Waals surface area contributed by atoms with Crippen molar-refractivity contribution in [2.75, 3.05) is 5.32 Å². The molecular formula is C17H14F2N4OS. The Morgan fingerprint density at radius 1 is 1.16 bits per heavy atom. The zero-order valence-corrected chi connectivity index (χ0v) is 13.8. The number of carbonyl (C=O) groups excluding carboxylic acids is 1. The molecule has 3 rings (SSSR count). The van der Waals surface area contributed by atoms with Crippen molar-refractivity contribution in [3.8, 4) is 0 Å². The van der Waals surface area contributed by atoms with E-state index in [0.717, 1.165) is 5.56 Å². The number of nitrogens with one attached hydrogen (secondary N) is 1. The zero-order chi connectivity index (χ0) is 17.6. The summed E-state index contributed by atoms with van der Waals surface area (Å²) in [6.07, 6.45) is 3.06. The Labute approximate surface area is 147 Å². The van der Waals surface area contributed by atoms with Gasteiger partial charge in [0.2, 0.25) is 0 Å². The minimum Gasteiger partial charge on any atom is -0.321 e. The Bertz CT molecular complexity index is 838. The molecule has 0 fully saturated rings. The van der Waals surface area contributed by atoms with E-state index in [9.17, 15) is 13.6 Å². The van der Waals surface area contributed by atoms with Crippen LogP contribution in [-0.2, 0) is 6.54 Å². The average molecular weight is 360 g/mol. The van der Waals surface area contributed by atoms with Crippen LogP contribution in [0.1, 0.15) is 15.9 Å². The molecule has 3 aromatic rings. The third-order valence-corrected chi connectivity index (χ3v) is 4.17. The number of amides is 1. The highest BCUT2D eigenvalue weighted by Gasteiger charge is 2.13. The lowest BCUT2D eigenvalue weighted by molar-refractivity contribution is 0.102. The lowest BCUT2D eigenvalue weighted by Crippen LogP contribution is -2.12. The summed E-state index contributed by atoms with van der Waals surface area (Å²) in [5.41, 5.74) is 1.78. The minimum absolute atomic E-state index is 0.327. The molecule has 2 aromatic carbocycles. The van der Waals surface area contributed by atoms with Gasteiger partial charge < -0.3 is 5.32 Å². The zero-order valence-electron chi connectivity index (χ0n) is 13.0. The Kier molecular flexibility index (Phi) is 5.39. The molecule has 0 aliphatic carbocycles. The van der Waals surface area contributed by atoms with Crippen molar-refractivity contribution in [2.24, 2.45) is 0 Å². The number of aromatic nitrogens is 3. The lowest BCUT2D eigenvalue weighted by Gasteiger charge is -2.10. The number of alkyl halides is 2. The van der Waals surface area contributed by atoms with Crippen LogP contribution in [0.2, 0.25) is 0 Å². The number of rotatable bonds is 6. The second-order valence-corrected chi connectivity index (χ2v) is 6.15. The van der Waals surface area contributed by atoms with Gasteiger partial charge in [-0.25, -0.2) is 9.67 Å². The number of benzene rings is 2. The molecule has 25 heavy (non-hydrogen) atoms. The molecule has 8 heteroatoms. The summed E-state index contributed by atoms with van der Waals surface area (Å²) in [4.78, 5) is 16.5. The maximum Gasteiger partial charge on any atom is 0.288 e. The highest BCUT2D eigenvalue weighted by atomic mass is 32.2. The van der Waals surface area contributed by atoms with E-state index in [1.54, 1.807) is 47.4 Å². The van der Waals surface area contributed by atoms with Gasteiger partial charge in [-0.2, -0.15) is 13.9 Å². The molecule has 0 spiro atoms. The first kappa shape index (κ1) is 17.1. The number of nitrogens with zero attached hydrogens (tertiary/aromatic N) is 3. The highest BCUT2D eigenvalue weighted by molar-refractivity contribution is 7.99. The van der Waals surface area contributed by atoms with Crippen LogP contribution in [0.4, 0.5) is 14.5 Å². The first-order valence-electron chi connectivity index (χ1n) is 7.38. The van der Waals surface area contributed by atoms with Crippen LogP contribution in [0, 0.1) is 0 Å². The highest BCUT2D eigenvalue weighted by Crippen LogP contribution is 2.31. The first-order valence-corrected chi connectivity index (χ1v) is 8.26. The van der Waals surface area contributed by atoms with E-state index >= 15 is 0 Å². The van der Waals surface area contributed by atoms with E-state index in [1.807, 2.05) is 12.1 Å². The number of para-hydroxylation sites is 1. The van der Waals surface area contributed by atoms with Gasteiger partial charge in [0.15, 0.2) is 0 Å². The average Bonchev–Trinajstić information content (AvgIpc) is 3.10. The third-order valence-electron chi connectivity index (χ3n) is 3.38. The van der Waals surface area contributed by atoms with Gasteiger partial charge in [0.05, 0.1) is 12.2 Å². The number of hydrogen-bond acceptors (Lipinski definition) is 4. The second kappa shape index (κ2) is 7.89. The Hall–Kier alpha value is -2.74. The first-order chi connectivity index (χ1) is 12.1. The quantitative estimate of drug-likeness (QED) is 0.678. The van der Waals surface area contributed by atoms with Gasteiger partial charge in [0, 0.05) is 10.5 Å². The fraction of sp³-hybridized carbons (Fsp3) is 0.118. The van der Waals surface area contributed by atoms with Gasteiger partial charge in [-0.15, -0.1) is 0 Å². The van der Waals surface area contributed by atoms with Gasteiger partial charge in [0.25, 0.3) is 11.7 Å². The van der Waals surface area contributed by atoms with E-state index in [2.05, 4.69) is 15.4 Å². The molecule has 128 valence electrons. The Morgan fingerprint density at radius 2 is 1.92 bits per heavy atom. The summed E-state index contributed by atoms with van der Waals surface area (Å²) in [5.74, 6) is -2.90. The number of carbonyl (C=O) groups is 1. The number of hydrogen-bond donors (Lipinski definition) is 1. The van der Waals surface area contributed by atoms with E-state index < -0.39 is 5.76 Å². The van der Waals surface area contributed by atoms with Crippen molar-refractivity contribution >= 4 is 23.4 Å². The second-order valence-electron chi connectivity index (χ2n) is 5.12. The largest absolute Gasteiger partial charge is 0.321 e. The molecule has 0 saturated heterocycles. The van der Waals surface area contributed by atoms with E-state index in [4.69, 9.17) is 0 Å². The smallest absolute Gasteiger partial charge is 0.288 e. The van der Waals surface area contributed by atoms with Gasteiger partial charge in [-0.3, -0.25) is 4.79 Å². The number of anilines is 1. The summed E-state index contributed by atoms with van der Waals surface area (Å²) < 4.78 is 26.9. The molecule has 0 aliphatic rings. The van der Waals surface area contributed by atoms with Crippen LogP contribution in [0.3, 0.4) is 0 Å². The Balaban J connectivity index is 1.69. The van der Waals surface area contributed by atoms with Crippen molar-refractivity contribution in [2.45, 2.75) is 17.2 Å². The molecule has 0 atom stereocenters. The van der Waals surface area contributed by atoms with Crippen molar-refractivity contribution < 1.29 is 13.6 Å². The summed E-state index contributed by atoms with van der Waals surface area (Å²) in [7, 11) is 0. The van der Waals surface area contributed by atoms with Crippen LogP contribution >= 0.6 is 11.8 Å². The maximum atomic E-state index is 12.6. The fourth-order valence-corrected chi connectivity index (χ4v) is 2.82. The van der Waals surface area contributed by atoms with Crippen LogP contribution in [0.25, 0.3) is 0 Å². The normalized spacial score (nSPS) is 10.8. The molecule has 1 N–H and O–H groups in total. The fourth-order valence-electron chi connectivity index (χ4n) is 2.23. The monoisotopic (exact) mass is 360 g/mol. The van der Waals surface area contributed by atoms with Crippen LogP contribution in [0.15, 0.2) is 66.1 Å². The van der Waals surface area contributed by atoms with Gasteiger partial charge >= 0.3 is 0 Å². The standard InChI is InChI=1S/C17H14F2N4OS/c18-17(19)25-15-4-2-1-3-14(15)22-16(24)13-7-5-12(6-8-13)9-23-11-20-10-21-23/h1-8,10-11,17H,9H2,(H,22,24). The van der Waals surface area contributed by atoms with Crippen molar-refractivity contribution in [3.63, 3.8) is 0 Å². The van der Waals surface area contributed by atoms with Crippen molar-refractivity contribution in [1.82, 2.24) is 14.8 Å². The van der Waals surface area contributed by atoms with E-state index in [1.165, 1.54) is 6.33 Å². The molecule has 0 radical (unpaired) electrons. The minimum atomic E-state index is -2.55. The molecule has 1 heterocycles. The number of thioether (sulfide) groups is 1. The van der Waals surface area contributed by atoms with E-state index in [-0.39, 0.29) is 5.91 Å². The van der Waals surface area contributed by atoms with Crippen LogP contribution < -0.4 is 5.32 Å². The molecule has 0 saturated carbocycles. The SMILES string of the molecule is O=C(Nc1ccccc1SC(F)F)c1ccc(Cn2cncn2)cc1. The predicted molar refractivity (Wildman–Crippen MR) is 91.8 cm³/mol. The topological polar surface area (TPSA) is 59.8 Å². The lowest BCUT2D eigenvalue weighted by atomic mass is 10.1. The van der Waals surface area contributed by atoms with Gasteiger partial charge in [-0.05, 0) is 29.8 Å². The molecule has 5 nitrogen and oxygen atoms in total. The van der Waals surface area contributed by atoms with Crippen molar-refractivity contribution in [3.05, 3.63) is 72.3 Å². The summed E-state index contributed by atoms with van der Waals surface area (Å²) >= 11 is 0.403. The molecule has 0 unspecified atom stereocenters. The van der Waals surface area contributed by atoms with Crippen LogP contribution in [-0.4, -0.2) is 26.4 Å². The maximum absolute atomic E-state index is 12.6. The molecule has 0 bridgehead atoms. The van der Waals surface area contributed by atoms with Crippen LogP contribution in [0.5, 0.6) is 0 Å². The predicted octanol–water partition coefficient (Wildman–Crippen LogP) is 3.89. The molecule has 0 aliphatic heterocycles. The molecule has 1 aromatic heterocycles. The van der Waals surface area contributed by atoms with Gasteiger partial charge in [0.1, 0.15) is 12.7 Å². The van der Waals surface area contributed by atoms with Gasteiger partial charge in [-0.1, -0.05) is 36.0 Å². The number of halogens is 2. The summed E-state index contributed by atoms with van der Waals surface area (Å²) in [6, 6.07) is 13.5. The van der Waals surface area contributed by atoms with Crippen molar-refractivity contribution in [1.29, 1.82) is 0 Å².